The minimum atomic E-state index is -0.214. The van der Waals surface area contributed by atoms with Crippen molar-refractivity contribution in [1.29, 1.82) is 0 Å². The monoisotopic (exact) mass is 269 g/mol. The molecule has 2 N–H and O–H groups in total. The lowest BCUT2D eigenvalue weighted by molar-refractivity contribution is 0.0980. The van der Waals surface area contributed by atoms with Gasteiger partial charge in [0, 0.05) is 23.4 Å². The quantitative estimate of drug-likeness (QED) is 0.836. The number of hydrogen-bond donors (Lipinski definition) is 2. The Morgan fingerprint density at radius 2 is 1.80 bits per heavy atom. The predicted molar refractivity (Wildman–Crippen MR) is 76.2 cm³/mol. The van der Waals surface area contributed by atoms with E-state index in [-0.39, 0.29) is 29.0 Å². The molecule has 0 saturated carbocycles. The number of carbonyl (C=O) groups excluding carboxylic acids is 1. The Kier molecular flexibility index (Phi) is 2.86. The van der Waals surface area contributed by atoms with Crippen LogP contribution in [0.15, 0.2) is 42.5 Å². The van der Waals surface area contributed by atoms with Gasteiger partial charge in [-0.25, -0.2) is 0 Å². The number of hydrogen-bond acceptors (Lipinski definition) is 3. The number of anilines is 1. The standard InChI is InChI=1S/C16H15NO3/c1-10-6-11-4-2-3-5-15(11)17(10)16(20)12-7-13(18)9-14(19)8-12/h2-5,7-10,18-19H,6H2,1H3. The minimum absolute atomic E-state index is 0.0596. The lowest BCUT2D eigenvalue weighted by Crippen LogP contribution is -2.35. The Balaban J connectivity index is 2.02. The van der Waals surface area contributed by atoms with Gasteiger partial charge in [-0.2, -0.15) is 0 Å². The van der Waals surface area contributed by atoms with E-state index in [0.29, 0.717) is 0 Å². The van der Waals surface area contributed by atoms with Gasteiger partial charge in [-0.3, -0.25) is 4.79 Å². The van der Waals surface area contributed by atoms with Gasteiger partial charge in [0.05, 0.1) is 0 Å². The van der Waals surface area contributed by atoms with E-state index in [0.717, 1.165) is 17.7 Å². The van der Waals surface area contributed by atoms with Crippen molar-refractivity contribution in [3.63, 3.8) is 0 Å². The van der Waals surface area contributed by atoms with Gasteiger partial charge < -0.3 is 15.1 Å². The molecular formula is C16H15NO3. The molecule has 1 atom stereocenters. The van der Waals surface area contributed by atoms with Gasteiger partial charge in [0.25, 0.3) is 5.91 Å². The molecule has 2 aromatic rings. The summed E-state index contributed by atoms with van der Waals surface area (Å²) in [5.74, 6) is -0.448. The first-order chi connectivity index (χ1) is 9.56. The molecule has 1 unspecified atom stereocenters. The largest absolute Gasteiger partial charge is 0.508 e. The van der Waals surface area contributed by atoms with Crippen LogP contribution in [-0.4, -0.2) is 22.2 Å². The van der Waals surface area contributed by atoms with Gasteiger partial charge in [-0.1, -0.05) is 18.2 Å². The molecule has 3 rings (SSSR count). The van der Waals surface area contributed by atoms with E-state index < -0.39 is 0 Å². The maximum absolute atomic E-state index is 12.6. The molecule has 1 heterocycles. The highest BCUT2D eigenvalue weighted by Gasteiger charge is 2.31. The molecule has 0 saturated heterocycles. The summed E-state index contributed by atoms with van der Waals surface area (Å²) in [6, 6.07) is 11.8. The Morgan fingerprint density at radius 3 is 2.50 bits per heavy atom. The average Bonchev–Trinajstić information content (AvgIpc) is 2.72. The smallest absolute Gasteiger partial charge is 0.258 e. The Labute approximate surface area is 116 Å². The average molecular weight is 269 g/mol. The zero-order valence-corrected chi connectivity index (χ0v) is 11.1. The number of amides is 1. The number of phenolic OH excluding ortho intramolecular Hbond substituents is 2. The fourth-order valence-electron chi connectivity index (χ4n) is 2.73. The van der Waals surface area contributed by atoms with Crippen molar-refractivity contribution in [2.24, 2.45) is 0 Å². The second-order valence-electron chi connectivity index (χ2n) is 5.10. The van der Waals surface area contributed by atoms with E-state index >= 15 is 0 Å². The van der Waals surface area contributed by atoms with Gasteiger partial charge >= 0.3 is 0 Å². The van der Waals surface area contributed by atoms with Crippen molar-refractivity contribution in [1.82, 2.24) is 0 Å². The van der Waals surface area contributed by atoms with Gasteiger partial charge in [0.2, 0.25) is 0 Å². The lowest BCUT2D eigenvalue weighted by atomic mass is 10.1. The number of nitrogens with zero attached hydrogens (tertiary/aromatic N) is 1. The molecule has 20 heavy (non-hydrogen) atoms. The molecule has 1 amide bonds. The van der Waals surface area contributed by atoms with E-state index in [1.165, 1.54) is 18.2 Å². The van der Waals surface area contributed by atoms with Crippen molar-refractivity contribution in [3.05, 3.63) is 53.6 Å². The summed E-state index contributed by atoms with van der Waals surface area (Å²) >= 11 is 0. The van der Waals surface area contributed by atoms with Gasteiger partial charge in [-0.15, -0.1) is 0 Å². The number of rotatable bonds is 1. The van der Waals surface area contributed by atoms with E-state index in [1.807, 2.05) is 31.2 Å². The van der Waals surface area contributed by atoms with Crippen LogP contribution in [-0.2, 0) is 6.42 Å². The third-order valence-electron chi connectivity index (χ3n) is 3.58. The van der Waals surface area contributed by atoms with E-state index in [1.54, 1.807) is 4.90 Å². The minimum Gasteiger partial charge on any atom is -0.508 e. The van der Waals surface area contributed by atoms with Crippen molar-refractivity contribution < 1.29 is 15.0 Å². The van der Waals surface area contributed by atoms with Crippen LogP contribution in [0, 0.1) is 0 Å². The van der Waals surface area contributed by atoms with Crippen LogP contribution < -0.4 is 4.90 Å². The summed E-state index contributed by atoms with van der Waals surface area (Å²) in [5.41, 5.74) is 2.32. The normalized spacial score (nSPS) is 17.1. The molecule has 0 radical (unpaired) electrons. The molecule has 0 aromatic heterocycles. The Bertz CT molecular complexity index is 661. The molecule has 1 aliphatic rings. The molecule has 2 aromatic carbocycles. The molecule has 0 aliphatic carbocycles. The van der Waals surface area contributed by atoms with E-state index in [9.17, 15) is 15.0 Å². The molecule has 0 bridgehead atoms. The van der Waals surface area contributed by atoms with Crippen LogP contribution in [0.25, 0.3) is 0 Å². The molecule has 1 aliphatic heterocycles. The summed E-state index contributed by atoms with van der Waals surface area (Å²) in [6.07, 6.45) is 0.812. The maximum Gasteiger partial charge on any atom is 0.258 e. The van der Waals surface area contributed by atoms with Crippen LogP contribution in [0.2, 0.25) is 0 Å². The molecule has 0 spiro atoms. The van der Waals surface area contributed by atoms with Crippen molar-refractivity contribution >= 4 is 11.6 Å². The van der Waals surface area contributed by atoms with Crippen LogP contribution >= 0.6 is 0 Å². The first-order valence-electron chi connectivity index (χ1n) is 6.51. The zero-order valence-electron chi connectivity index (χ0n) is 11.1. The zero-order chi connectivity index (χ0) is 14.3. The Hall–Kier alpha value is -2.49. The molecule has 4 nitrogen and oxygen atoms in total. The number of aromatic hydroxyl groups is 2. The highest BCUT2D eigenvalue weighted by molar-refractivity contribution is 6.08. The van der Waals surface area contributed by atoms with Crippen molar-refractivity contribution in [3.8, 4) is 11.5 Å². The van der Waals surface area contributed by atoms with Crippen LogP contribution in [0.5, 0.6) is 11.5 Å². The van der Waals surface area contributed by atoms with Crippen molar-refractivity contribution in [2.75, 3.05) is 4.90 Å². The lowest BCUT2D eigenvalue weighted by Gasteiger charge is -2.23. The number of para-hydroxylation sites is 1. The Morgan fingerprint density at radius 1 is 1.15 bits per heavy atom. The molecule has 4 heteroatoms. The molecule has 102 valence electrons. The molecular weight excluding hydrogens is 254 g/mol. The van der Waals surface area contributed by atoms with E-state index in [2.05, 4.69) is 0 Å². The van der Waals surface area contributed by atoms with Crippen LogP contribution in [0.4, 0.5) is 5.69 Å². The first-order valence-corrected chi connectivity index (χ1v) is 6.51. The number of carbonyl (C=O) groups is 1. The highest BCUT2D eigenvalue weighted by atomic mass is 16.3. The summed E-state index contributed by atoms with van der Waals surface area (Å²) < 4.78 is 0. The number of benzene rings is 2. The number of fused-ring (bicyclic) bond motifs is 1. The van der Waals surface area contributed by atoms with Gasteiger partial charge in [0.1, 0.15) is 11.5 Å². The third-order valence-corrected chi connectivity index (χ3v) is 3.58. The van der Waals surface area contributed by atoms with Crippen LogP contribution in [0.3, 0.4) is 0 Å². The summed E-state index contributed by atoms with van der Waals surface area (Å²) in [7, 11) is 0. The van der Waals surface area contributed by atoms with E-state index in [4.69, 9.17) is 0 Å². The summed E-state index contributed by atoms with van der Waals surface area (Å²) in [4.78, 5) is 14.3. The molecule has 0 fully saturated rings. The first kappa shape index (κ1) is 12.5. The second kappa shape index (κ2) is 4.56. The summed E-state index contributed by atoms with van der Waals surface area (Å²) in [6.45, 7) is 1.99. The topological polar surface area (TPSA) is 60.8 Å². The van der Waals surface area contributed by atoms with Gasteiger partial charge in [0.15, 0.2) is 0 Å². The van der Waals surface area contributed by atoms with Crippen molar-refractivity contribution in [2.45, 2.75) is 19.4 Å². The summed E-state index contributed by atoms with van der Waals surface area (Å²) in [5, 5.41) is 19.0. The SMILES string of the molecule is CC1Cc2ccccc2N1C(=O)c1cc(O)cc(O)c1. The fourth-order valence-corrected chi connectivity index (χ4v) is 2.73. The maximum atomic E-state index is 12.6. The third kappa shape index (κ3) is 1.99. The van der Waals surface area contributed by atoms with Gasteiger partial charge in [-0.05, 0) is 37.1 Å². The predicted octanol–water partition coefficient (Wildman–Crippen LogP) is 2.69. The second-order valence-corrected chi connectivity index (χ2v) is 5.10. The fraction of sp³-hybridized carbons (Fsp3) is 0.188. The van der Waals surface area contributed by atoms with Crippen LogP contribution in [0.1, 0.15) is 22.8 Å². The number of phenols is 2. The highest BCUT2D eigenvalue weighted by Crippen LogP contribution is 2.34.